The summed E-state index contributed by atoms with van der Waals surface area (Å²) in [7, 11) is 1.87. The molecule has 2 aromatic rings. The highest BCUT2D eigenvalue weighted by molar-refractivity contribution is 6.28. The lowest BCUT2D eigenvalue weighted by atomic mass is 10.3. The summed E-state index contributed by atoms with van der Waals surface area (Å²) < 4.78 is 7.23. The number of nitrogens with zero attached hydrogens (tertiary/aromatic N) is 5. The number of hydrogen-bond acceptors (Lipinski definition) is 6. The minimum atomic E-state index is -0.462. The summed E-state index contributed by atoms with van der Waals surface area (Å²) in [6, 6.07) is 0. The first-order chi connectivity index (χ1) is 10.1. The number of halogens is 1. The summed E-state index contributed by atoms with van der Waals surface area (Å²) >= 11 is 6.06. The van der Waals surface area contributed by atoms with E-state index >= 15 is 0 Å². The van der Waals surface area contributed by atoms with E-state index < -0.39 is 6.10 Å². The fraction of sp³-hybridized carbons (Fsp3) is 0.615. The number of hydrogen-bond donors (Lipinski definition) is 1. The minimum Gasteiger partial charge on any atom is -0.393 e. The van der Waals surface area contributed by atoms with Crippen molar-refractivity contribution in [2.75, 3.05) is 31.2 Å². The van der Waals surface area contributed by atoms with E-state index in [4.69, 9.17) is 16.3 Å². The van der Waals surface area contributed by atoms with Gasteiger partial charge in [-0.05, 0) is 18.5 Å². The van der Waals surface area contributed by atoms with E-state index in [1.165, 1.54) is 0 Å². The van der Waals surface area contributed by atoms with Gasteiger partial charge in [0.1, 0.15) is 5.82 Å². The summed E-state index contributed by atoms with van der Waals surface area (Å²) in [5.41, 5.74) is 1.41. The molecule has 1 N–H and O–H groups in total. The number of anilines is 1. The highest BCUT2D eigenvalue weighted by atomic mass is 35.5. The molecular formula is C13H18ClN5O2. The van der Waals surface area contributed by atoms with Gasteiger partial charge in [-0.15, -0.1) is 0 Å². The first-order valence-corrected chi connectivity index (χ1v) is 7.33. The standard InChI is InChI=1S/C13H18ClN5O2/c1-8(20)7-9-15-10-11(18(9)2)16-13(14)17-12(10)19-3-5-21-6-4-19/h8,20H,3-7H2,1-2H3. The molecule has 114 valence electrons. The Kier molecular flexibility index (Phi) is 3.97. The molecule has 1 saturated heterocycles. The quantitative estimate of drug-likeness (QED) is 0.844. The van der Waals surface area contributed by atoms with Crippen LogP contribution in [0.25, 0.3) is 11.2 Å². The molecule has 0 radical (unpaired) electrons. The van der Waals surface area contributed by atoms with Gasteiger partial charge < -0.3 is 19.3 Å². The predicted molar refractivity (Wildman–Crippen MR) is 79.7 cm³/mol. The molecule has 3 heterocycles. The van der Waals surface area contributed by atoms with Crippen LogP contribution in [0.1, 0.15) is 12.7 Å². The van der Waals surface area contributed by atoms with Crippen LogP contribution in [0, 0.1) is 0 Å². The highest BCUT2D eigenvalue weighted by Gasteiger charge is 2.21. The third-order valence-electron chi connectivity index (χ3n) is 3.55. The second-order valence-electron chi connectivity index (χ2n) is 5.23. The maximum atomic E-state index is 9.59. The number of aliphatic hydroxyl groups is 1. The third-order valence-corrected chi connectivity index (χ3v) is 3.72. The van der Waals surface area contributed by atoms with Crippen molar-refractivity contribution < 1.29 is 9.84 Å². The van der Waals surface area contributed by atoms with Gasteiger partial charge in [-0.1, -0.05) is 0 Å². The zero-order valence-corrected chi connectivity index (χ0v) is 12.8. The SMILES string of the molecule is CC(O)Cc1nc2c(N3CCOCC3)nc(Cl)nc2n1C. The van der Waals surface area contributed by atoms with Gasteiger partial charge in [0.2, 0.25) is 5.28 Å². The van der Waals surface area contributed by atoms with Gasteiger partial charge in [0, 0.05) is 26.6 Å². The van der Waals surface area contributed by atoms with Crippen molar-refractivity contribution in [2.45, 2.75) is 19.4 Å². The molecule has 0 spiro atoms. The zero-order chi connectivity index (χ0) is 15.0. The van der Waals surface area contributed by atoms with Gasteiger partial charge >= 0.3 is 0 Å². The van der Waals surface area contributed by atoms with E-state index in [2.05, 4.69) is 19.9 Å². The van der Waals surface area contributed by atoms with Gasteiger partial charge in [0.15, 0.2) is 17.0 Å². The molecule has 0 aromatic carbocycles. The fourth-order valence-corrected chi connectivity index (χ4v) is 2.67. The molecule has 7 nitrogen and oxygen atoms in total. The summed E-state index contributed by atoms with van der Waals surface area (Å²) in [5.74, 6) is 1.51. The van der Waals surface area contributed by atoms with Crippen LogP contribution in [0.2, 0.25) is 5.28 Å². The predicted octanol–water partition coefficient (Wildman–Crippen LogP) is 0.777. The molecule has 1 aliphatic rings. The average Bonchev–Trinajstić information content (AvgIpc) is 2.76. The normalized spacial score (nSPS) is 17.4. The molecule has 0 aliphatic carbocycles. The largest absolute Gasteiger partial charge is 0.393 e. The van der Waals surface area contributed by atoms with Crippen molar-refractivity contribution in [1.82, 2.24) is 19.5 Å². The first kappa shape index (κ1) is 14.5. The van der Waals surface area contributed by atoms with Crippen LogP contribution in [-0.4, -0.2) is 57.0 Å². The van der Waals surface area contributed by atoms with E-state index in [1.54, 1.807) is 6.92 Å². The summed E-state index contributed by atoms with van der Waals surface area (Å²) in [6.45, 7) is 4.57. The van der Waals surface area contributed by atoms with Crippen molar-refractivity contribution in [2.24, 2.45) is 7.05 Å². The number of ether oxygens (including phenoxy) is 1. The van der Waals surface area contributed by atoms with Crippen LogP contribution < -0.4 is 4.90 Å². The number of morpholine rings is 1. The Morgan fingerprint density at radius 1 is 1.29 bits per heavy atom. The van der Waals surface area contributed by atoms with Crippen molar-refractivity contribution >= 4 is 28.6 Å². The Morgan fingerprint density at radius 3 is 2.67 bits per heavy atom. The lowest BCUT2D eigenvalue weighted by Crippen LogP contribution is -2.37. The molecule has 8 heteroatoms. The lowest BCUT2D eigenvalue weighted by Gasteiger charge is -2.27. The van der Waals surface area contributed by atoms with Gasteiger partial charge in [0.05, 0.1) is 19.3 Å². The number of fused-ring (bicyclic) bond motifs is 1. The molecular weight excluding hydrogens is 294 g/mol. The van der Waals surface area contributed by atoms with E-state index in [1.807, 2.05) is 11.6 Å². The number of aromatic nitrogens is 4. The molecule has 0 saturated carbocycles. The smallest absolute Gasteiger partial charge is 0.226 e. The Balaban J connectivity index is 2.10. The maximum Gasteiger partial charge on any atom is 0.226 e. The van der Waals surface area contributed by atoms with Crippen molar-refractivity contribution in [1.29, 1.82) is 0 Å². The maximum absolute atomic E-state index is 9.59. The van der Waals surface area contributed by atoms with Crippen LogP contribution in [-0.2, 0) is 18.2 Å². The average molecular weight is 312 g/mol. The molecule has 1 fully saturated rings. The van der Waals surface area contributed by atoms with E-state index in [0.29, 0.717) is 25.3 Å². The fourth-order valence-electron chi connectivity index (χ4n) is 2.51. The minimum absolute atomic E-state index is 0.204. The molecule has 1 atom stereocenters. The Hall–Kier alpha value is -1.44. The topological polar surface area (TPSA) is 76.3 Å². The molecule has 1 aliphatic heterocycles. The molecule has 21 heavy (non-hydrogen) atoms. The highest BCUT2D eigenvalue weighted by Crippen LogP contribution is 2.26. The van der Waals surface area contributed by atoms with Crippen LogP contribution in [0.5, 0.6) is 0 Å². The Morgan fingerprint density at radius 2 is 2.00 bits per heavy atom. The van der Waals surface area contributed by atoms with Crippen LogP contribution in [0.4, 0.5) is 5.82 Å². The zero-order valence-electron chi connectivity index (χ0n) is 12.1. The molecule has 2 aromatic heterocycles. The van der Waals surface area contributed by atoms with E-state index in [-0.39, 0.29) is 5.28 Å². The second kappa shape index (κ2) is 5.75. The second-order valence-corrected chi connectivity index (χ2v) is 5.57. The third kappa shape index (κ3) is 2.81. The van der Waals surface area contributed by atoms with Gasteiger partial charge in [0.25, 0.3) is 0 Å². The number of aliphatic hydroxyl groups excluding tert-OH is 1. The van der Waals surface area contributed by atoms with Crippen LogP contribution in [0.15, 0.2) is 0 Å². The van der Waals surface area contributed by atoms with Crippen LogP contribution in [0.3, 0.4) is 0 Å². The summed E-state index contributed by atoms with van der Waals surface area (Å²) in [6.07, 6.45) is 0.00307. The molecule has 3 rings (SSSR count). The first-order valence-electron chi connectivity index (χ1n) is 6.96. The number of aryl methyl sites for hydroxylation is 1. The molecule has 0 amide bonds. The van der Waals surface area contributed by atoms with Gasteiger partial charge in [-0.3, -0.25) is 0 Å². The summed E-state index contributed by atoms with van der Waals surface area (Å²) in [4.78, 5) is 15.3. The Bertz CT molecular complexity index is 652. The van der Waals surface area contributed by atoms with Crippen molar-refractivity contribution in [3.63, 3.8) is 0 Å². The van der Waals surface area contributed by atoms with E-state index in [0.717, 1.165) is 30.2 Å². The van der Waals surface area contributed by atoms with E-state index in [9.17, 15) is 5.11 Å². The van der Waals surface area contributed by atoms with Gasteiger partial charge in [-0.25, -0.2) is 4.98 Å². The number of imidazole rings is 1. The van der Waals surface area contributed by atoms with Gasteiger partial charge in [-0.2, -0.15) is 9.97 Å². The monoisotopic (exact) mass is 311 g/mol. The van der Waals surface area contributed by atoms with Crippen molar-refractivity contribution in [3.8, 4) is 0 Å². The molecule has 1 unspecified atom stereocenters. The van der Waals surface area contributed by atoms with Crippen molar-refractivity contribution in [3.05, 3.63) is 11.1 Å². The summed E-state index contributed by atoms with van der Waals surface area (Å²) in [5, 5.41) is 9.79. The van der Waals surface area contributed by atoms with Crippen LogP contribution >= 0.6 is 11.6 Å². The molecule has 0 bridgehead atoms. The lowest BCUT2D eigenvalue weighted by molar-refractivity contribution is 0.122. The number of rotatable bonds is 3. The Labute approximate surface area is 127 Å².